The van der Waals surface area contributed by atoms with Gasteiger partial charge in [-0.15, -0.1) is 0 Å². The van der Waals surface area contributed by atoms with Crippen molar-refractivity contribution in [3.8, 4) is 5.75 Å². The third-order valence-corrected chi connectivity index (χ3v) is 3.86. The number of rotatable bonds is 5. The summed E-state index contributed by atoms with van der Waals surface area (Å²) in [6, 6.07) is 14.4. The number of anilines is 1. The van der Waals surface area contributed by atoms with Crippen LogP contribution in [0.15, 0.2) is 42.5 Å². The van der Waals surface area contributed by atoms with Crippen LogP contribution in [-0.2, 0) is 0 Å². The zero-order valence-corrected chi connectivity index (χ0v) is 15.0. The molecule has 0 fully saturated rings. The molecule has 23 heavy (non-hydrogen) atoms. The molecule has 0 heterocycles. The third-order valence-electron chi connectivity index (χ3n) is 3.64. The van der Waals surface area contributed by atoms with Gasteiger partial charge in [-0.25, -0.2) is 0 Å². The van der Waals surface area contributed by atoms with Gasteiger partial charge in [0.1, 0.15) is 5.75 Å². The van der Waals surface area contributed by atoms with Crippen LogP contribution in [0.2, 0.25) is 0 Å². The highest BCUT2D eigenvalue weighted by molar-refractivity contribution is 7.80. The van der Waals surface area contributed by atoms with Crippen molar-refractivity contribution < 1.29 is 4.74 Å². The summed E-state index contributed by atoms with van der Waals surface area (Å²) in [6.07, 6.45) is 0. The normalized spacial score (nSPS) is 11.7. The van der Waals surface area contributed by atoms with E-state index in [-0.39, 0.29) is 6.04 Å². The molecular weight excluding hydrogens is 304 g/mol. The Morgan fingerprint density at radius 2 is 1.96 bits per heavy atom. The van der Waals surface area contributed by atoms with Gasteiger partial charge < -0.3 is 15.4 Å². The van der Waals surface area contributed by atoms with Crippen LogP contribution in [0.5, 0.6) is 5.75 Å². The van der Waals surface area contributed by atoms with Crippen molar-refractivity contribution in [3.05, 3.63) is 59.2 Å². The van der Waals surface area contributed by atoms with Gasteiger partial charge in [0.2, 0.25) is 0 Å². The van der Waals surface area contributed by atoms with E-state index < -0.39 is 0 Å². The van der Waals surface area contributed by atoms with E-state index in [2.05, 4.69) is 49.6 Å². The maximum absolute atomic E-state index is 5.50. The quantitative estimate of drug-likeness (QED) is 0.776. The molecule has 0 radical (unpaired) electrons. The zero-order chi connectivity index (χ0) is 16.8. The summed E-state index contributed by atoms with van der Waals surface area (Å²) in [6.45, 7) is 8.96. The van der Waals surface area contributed by atoms with Crippen molar-refractivity contribution in [2.24, 2.45) is 0 Å². The number of benzene rings is 2. The molecule has 2 aromatic rings. The minimum absolute atomic E-state index is 0.144. The molecule has 0 bridgehead atoms. The van der Waals surface area contributed by atoms with Crippen molar-refractivity contribution in [1.29, 1.82) is 0 Å². The lowest BCUT2D eigenvalue weighted by Gasteiger charge is -2.19. The molecule has 0 aromatic heterocycles. The van der Waals surface area contributed by atoms with Gasteiger partial charge in [0, 0.05) is 11.8 Å². The van der Waals surface area contributed by atoms with Gasteiger partial charge in [0.05, 0.1) is 12.6 Å². The average Bonchev–Trinajstić information content (AvgIpc) is 2.47. The van der Waals surface area contributed by atoms with Gasteiger partial charge in [0.15, 0.2) is 5.11 Å². The standard InChI is InChI=1S/C19H24N2OS/c1-5-22-17-8-6-7-16(12-17)21-19(23)20-15(4)18-10-9-13(2)11-14(18)3/h6-12,15H,5H2,1-4H3,(H2,20,21,23)/t15-/m1/s1. The molecule has 0 aliphatic rings. The maximum Gasteiger partial charge on any atom is 0.171 e. The first kappa shape index (κ1) is 17.3. The highest BCUT2D eigenvalue weighted by Gasteiger charge is 2.10. The first-order valence-electron chi connectivity index (χ1n) is 7.87. The fourth-order valence-corrected chi connectivity index (χ4v) is 2.88. The first-order valence-corrected chi connectivity index (χ1v) is 8.28. The molecule has 0 aliphatic heterocycles. The van der Waals surface area contributed by atoms with E-state index in [1.54, 1.807) is 0 Å². The molecule has 0 saturated carbocycles. The molecule has 2 rings (SSSR count). The summed E-state index contributed by atoms with van der Waals surface area (Å²) in [7, 11) is 0. The highest BCUT2D eigenvalue weighted by atomic mass is 32.1. The molecule has 0 spiro atoms. The number of hydrogen-bond donors (Lipinski definition) is 2. The van der Waals surface area contributed by atoms with E-state index in [1.807, 2.05) is 31.2 Å². The van der Waals surface area contributed by atoms with Gasteiger partial charge in [0.25, 0.3) is 0 Å². The molecular formula is C19H24N2OS. The molecule has 2 aromatic carbocycles. The van der Waals surface area contributed by atoms with Crippen LogP contribution in [0, 0.1) is 13.8 Å². The van der Waals surface area contributed by atoms with Crippen molar-refractivity contribution in [1.82, 2.24) is 5.32 Å². The topological polar surface area (TPSA) is 33.3 Å². The number of hydrogen-bond acceptors (Lipinski definition) is 2. The van der Waals surface area contributed by atoms with Crippen LogP contribution < -0.4 is 15.4 Å². The van der Waals surface area contributed by atoms with Crippen LogP contribution in [0.3, 0.4) is 0 Å². The lowest BCUT2D eigenvalue weighted by molar-refractivity contribution is 0.340. The number of nitrogens with one attached hydrogen (secondary N) is 2. The predicted octanol–water partition coefficient (Wildman–Crippen LogP) is 4.75. The Bertz CT molecular complexity index is 685. The first-order chi connectivity index (χ1) is 11.0. The Labute approximate surface area is 144 Å². The Morgan fingerprint density at radius 1 is 1.17 bits per heavy atom. The second-order valence-electron chi connectivity index (χ2n) is 5.64. The number of aryl methyl sites for hydroxylation is 2. The van der Waals surface area contributed by atoms with Crippen molar-refractivity contribution in [2.75, 3.05) is 11.9 Å². The molecule has 0 aliphatic carbocycles. The van der Waals surface area contributed by atoms with Crippen LogP contribution in [-0.4, -0.2) is 11.7 Å². The summed E-state index contributed by atoms with van der Waals surface area (Å²) < 4.78 is 5.50. The van der Waals surface area contributed by atoms with E-state index in [1.165, 1.54) is 16.7 Å². The van der Waals surface area contributed by atoms with Gasteiger partial charge >= 0.3 is 0 Å². The fourth-order valence-electron chi connectivity index (χ4n) is 2.58. The van der Waals surface area contributed by atoms with Crippen LogP contribution in [0.25, 0.3) is 0 Å². The zero-order valence-electron chi connectivity index (χ0n) is 14.1. The van der Waals surface area contributed by atoms with Gasteiger partial charge in [-0.2, -0.15) is 0 Å². The Hall–Kier alpha value is -2.07. The van der Waals surface area contributed by atoms with Gasteiger partial charge in [-0.05, 0) is 63.2 Å². The molecule has 3 nitrogen and oxygen atoms in total. The Balaban J connectivity index is 2.00. The average molecular weight is 328 g/mol. The highest BCUT2D eigenvalue weighted by Crippen LogP contribution is 2.20. The maximum atomic E-state index is 5.50. The SMILES string of the molecule is CCOc1cccc(NC(=S)N[C@H](C)c2ccc(C)cc2C)c1. The monoisotopic (exact) mass is 328 g/mol. The molecule has 4 heteroatoms. The van der Waals surface area contributed by atoms with Crippen LogP contribution in [0.4, 0.5) is 5.69 Å². The summed E-state index contributed by atoms with van der Waals surface area (Å²) in [5.41, 5.74) is 4.71. The molecule has 0 amide bonds. The molecule has 0 saturated heterocycles. The molecule has 1 atom stereocenters. The van der Waals surface area contributed by atoms with E-state index in [0.29, 0.717) is 11.7 Å². The summed E-state index contributed by atoms with van der Waals surface area (Å²) >= 11 is 5.43. The lowest BCUT2D eigenvalue weighted by atomic mass is 10.0. The molecule has 2 N–H and O–H groups in total. The Morgan fingerprint density at radius 3 is 2.65 bits per heavy atom. The fraction of sp³-hybridized carbons (Fsp3) is 0.316. The van der Waals surface area contributed by atoms with E-state index in [4.69, 9.17) is 17.0 Å². The molecule has 122 valence electrons. The number of ether oxygens (including phenoxy) is 1. The predicted molar refractivity (Wildman–Crippen MR) is 101 cm³/mol. The third kappa shape index (κ3) is 4.96. The summed E-state index contributed by atoms with van der Waals surface area (Å²) in [4.78, 5) is 0. The van der Waals surface area contributed by atoms with Crippen molar-refractivity contribution >= 4 is 23.0 Å². The van der Waals surface area contributed by atoms with E-state index in [0.717, 1.165) is 11.4 Å². The largest absolute Gasteiger partial charge is 0.494 e. The van der Waals surface area contributed by atoms with Crippen molar-refractivity contribution in [3.63, 3.8) is 0 Å². The van der Waals surface area contributed by atoms with Gasteiger partial charge in [-0.3, -0.25) is 0 Å². The van der Waals surface area contributed by atoms with E-state index in [9.17, 15) is 0 Å². The molecule has 0 unspecified atom stereocenters. The summed E-state index contributed by atoms with van der Waals surface area (Å²) in [5, 5.41) is 7.15. The van der Waals surface area contributed by atoms with Crippen LogP contribution in [0.1, 0.15) is 36.6 Å². The minimum atomic E-state index is 0.144. The second-order valence-corrected chi connectivity index (χ2v) is 6.05. The van der Waals surface area contributed by atoms with E-state index >= 15 is 0 Å². The van der Waals surface area contributed by atoms with Crippen LogP contribution >= 0.6 is 12.2 Å². The van der Waals surface area contributed by atoms with Gasteiger partial charge in [-0.1, -0.05) is 29.8 Å². The summed E-state index contributed by atoms with van der Waals surface area (Å²) in [5.74, 6) is 0.836. The smallest absolute Gasteiger partial charge is 0.171 e. The minimum Gasteiger partial charge on any atom is -0.494 e. The second kappa shape index (κ2) is 7.97. The Kier molecular flexibility index (Phi) is 5.99. The van der Waals surface area contributed by atoms with Crippen molar-refractivity contribution in [2.45, 2.75) is 33.7 Å². The lowest BCUT2D eigenvalue weighted by Crippen LogP contribution is -2.31. The number of thiocarbonyl (C=S) groups is 1.